The number of methoxy groups -OCH3 is 1. The minimum absolute atomic E-state index is 0.0734. The molecule has 0 spiro atoms. The molecule has 4 nitrogen and oxygen atoms in total. The summed E-state index contributed by atoms with van der Waals surface area (Å²) in [4.78, 5) is 11.3. The Balaban J connectivity index is 2.81. The van der Waals surface area contributed by atoms with Gasteiger partial charge in [0.2, 0.25) is 0 Å². The number of ether oxygens (including phenoxy) is 2. The lowest BCUT2D eigenvalue weighted by Gasteiger charge is -2.11. The number of esters is 1. The number of nitrogens with two attached hydrogens (primary N) is 1. The predicted molar refractivity (Wildman–Crippen MR) is 56.9 cm³/mol. The molecular weight excluding hydrogens is 194 g/mol. The Kier molecular flexibility index (Phi) is 4.12. The molecule has 1 atom stereocenters. The summed E-state index contributed by atoms with van der Waals surface area (Å²) in [6.07, 6.45) is 0. The highest BCUT2D eigenvalue weighted by Gasteiger charge is 2.12. The number of hydrogen-bond acceptors (Lipinski definition) is 4. The Morgan fingerprint density at radius 3 is 2.73 bits per heavy atom. The van der Waals surface area contributed by atoms with Gasteiger partial charge in [0.1, 0.15) is 17.9 Å². The molecule has 0 aliphatic heterocycles. The fourth-order valence-corrected chi connectivity index (χ4v) is 1.09. The van der Waals surface area contributed by atoms with E-state index in [1.165, 1.54) is 7.11 Å². The van der Waals surface area contributed by atoms with Crippen molar-refractivity contribution in [1.29, 1.82) is 0 Å². The van der Waals surface area contributed by atoms with Crippen molar-refractivity contribution >= 4 is 5.97 Å². The Morgan fingerprint density at radius 1 is 1.47 bits per heavy atom. The molecule has 1 rings (SSSR count). The number of hydrogen-bond donors (Lipinski definition) is 1. The zero-order valence-electron chi connectivity index (χ0n) is 8.90. The van der Waals surface area contributed by atoms with Gasteiger partial charge in [0.25, 0.3) is 0 Å². The molecule has 15 heavy (non-hydrogen) atoms. The van der Waals surface area contributed by atoms with Crippen LogP contribution in [0.2, 0.25) is 0 Å². The molecule has 0 saturated heterocycles. The van der Waals surface area contributed by atoms with Crippen LogP contribution in [0.15, 0.2) is 24.3 Å². The van der Waals surface area contributed by atoms with Crippen molar-refractivity contribution in [2.45, 2.75) is 13.0 Å². The number of benzene rings is 1. The molecule has 0 amide bonds. The molecule has 1 aromatic carbocycles. The van der Waals surface area contributed by atoms with Crippen molar-refractivity contribution in [2.75, 3.05) is 13.7 Å². The summed E-state index contributed by atoms with van der Waals surface area (Å²) in [6.45, 7) is 2.20. The van der Waals surface area contributed by atoms with Gasteiger partial charge < -0.3 is 15.2 Å². The van der Waals surface area contributed by atoms with Crippen LogP contribution in [0.5, 0.6) is 5.75 Å². The van der Waals surface area contributed by atoms with E-state index in [-0.39, 0.29) is 6.04 Å². The van der Waals surface area contributed by atoms with Crippen LogP contribution in [0.3, 0.4) is 0 Å². The van der Waals surface area contributed by atoms with Gasteiger partial charge in [-0.1, -0.05) is 12.1 Å². The Labute approximate surface area is 89.0 Å². The highest BCUT2D eigenvalue weighted by atomic mass is 16.5. The Hall–Kier alpha value is -1.55. The molecule has 0 aromatic heterocycles. The second kappa shape index (κ2) is 5.36. The zero-order valence-corrected chi connectivity index (χ0v) is 8.90. The lowest BCUT2D eigenvalue weighted by Crippen LogP contribution is -2.24. The van der Waals surface area contributed by atoms with Crippen LogP contribution in [0, 0.1) is 0 Å². The first-order valence-electron chi connectivity index (χ1n) is 4.71. The number of carbonyl (C=O) groups excluding carboxylic acids is 1. The Morgan fingerprint density at radius 2 is 2.13 bits per heavy atom. The number of carbonyl (C=O) groups is 1. The molecule has 82 valence electrons. The second-order valence-electron chi connectivity index (χ2n) is 3.28. The van der Waals surface area contributed by atoms with Crippen LogP contribution in [0.1, 0.15) is 17.3 Å². The standard InChI is InChI=1S/C11H15NO3/c1-8(12)7-15-10-6-4-3-5-9(10)11(13)14-2/h3-6,8H,7,12H2,1-2H3/t8-/m1/s1. The maximum atomic E-state index is 11.3. The van der Waals surface area contributed by atoms with Crippen LogP contribution in [-0.4, -0.2) is 25.7 Å². The fraction of sp³-hybridized carbons (Fsp3) is 0.364. The van der Waals surface area contributed by atoms with E-state index in [2.05, 4.69) is 4.74 Å². The van der Waals surface area contributed by atoms with Crippen molar-refractivity contribution < 1.29 is 14.3 Å². The second-order valence-corrected chi connectivity index (χ2v) is 3.28. The Bertz CT molecular complexity index is 336. The third-order valence-electron chi connectivity index (χ3n) is 1.79. The van der Waals surface area contributed by atoms with E-state index in [0.717, 1.165) is 0 Å². The van der Waals surface area contributed by atoms with Gasteiger partial charge in [0.05, 0.1) is 7.11 Å². The minimum atomic E-state index is -0.407. The average Bonchev–Trinajstić information content (AvgIpc) is 2.25. The van der Waals surface area contributed by atoms with E-state index in [1.807, 2.05) is 6.92 Å². The summed E-state index contributed by atoms with van der Waals surface area (Å²) in [5.41, 5.74) is 5.98. The highest BCUT2D eigenvalue weighted by molar-refractivity contribution is 5.92. The van der Waals surface area contributed by atoms with Crippen LogP contribution in [0.25, 0.3) is 0 Å². The van der Waals surface area contributed by atoms with Gasteiger partial charge in [-0.2, -0.15) is 0 Å². The van der Waals surface area contributed by atoms with Crippen LogP contribution >= 0.6 is 0 Å². The van der Waals surface area contributed by atoms with Crippen LogP contribution in [0.4, 0.5) is 0 Å². The first-order chi connectivity index (χ1) is 7.15. The van der Waals surface area contributed by atoms with Gasteiger partial charge >= 0.3 is 5.97 Å². The van der Waals surface area contributed by atoms with Gasteiger partial charge in [-0.25, -0.2) is 4.79 Å². The summed E-state index contributed by atoms with van der Waals surface area (Å²) in [5.74, 6) is 0.0944. The van der Waals surface area contributed by atoms with Crippen molar-refractivity contribution in [3.8, 4) is 5.75 Å². The molecule has 0 saturated carbocycles. The van der Waals surface area contributed by atoms with E-state index in [9.17, 15) is 4.79 Å². The average molecular weight is 209 g/mol. The zero-order chi connectivity index (χ0) is 11.3. The maximum Gasteiger partial charge on any atom is 0.341 e. The van der Waals surface area contributed by atoms with E-state index in [1.54, 1.807) is 24.3 Å². The van der Waals surface area contributed by atoms with Gasteiger partial charge in [-0.05, 0) is 19.1 Å². The fourth-order valence-electron chi connectivity index (χ4n) is 1.09. The predicted octanol–water partition coefficient (Wildman–Crippen LogP) is 1.20. The van der Waals surface area contributed by atoms with Gasteiger partial charge in [-0.15, -0.1) is 0 Å². The number of rotatable bonds is 4. The largest absolute Gasteiger partial charge is 0.491 e. The molecule has 0 unspecified atom stereocenters. The molecule has 2 N–H and O–H groups in total. The van der Waals surface area contributed by atoms with Crippen molar-refractivity contribution in [3.63, 3.8) is 0 Å². The van der Waals surface area contributed by atoms with E-state index < -0.39 is 5.97 Å². The van der Waals surface area contributed by atoms with Crippen molar-refractivity contribution in [1.82, 2.24) is 0 Å². The summed E-state index contributed by atoms with van der Waals surface area (Å²) in [5, 5.41) is 0. The smallest absolute Gasteiger partial charge is 0.341 e. The van der Waals surface area contributed by atoms with E-state index in [4.69, 9.17) is 10.5 Å². The maximum absolute atomic E-state index is 11.3. The third-order valence-corrected chi connectivity index (χ3v) is 1.79. The molecule has 0 aliphatic carbocycles. The molecular formula is C11H15NO3. The van der Waals surface area contributed by atoms with Gasteiger partial charge in [0.15, 0.2) is 0 Å². The quantitative estimate of drug-likeness (QED) is 0.757. The lowest BCUT2D eigenvalue weighted by molar-refractivity contribution is 0.0595. The molecule has 0 radical (unpaired) electrons. The first kappa shape index (κ1) is 11.5. The molecule has 0 bridgehead atoms. The summed E-state index contributed by atoms with van der Waals surface area (Å²) >= 11 is 0. The lowest BCUT2D eigenvalue weighted by atomic mass is 10.2. The van der Waals surface area contributed by atoms with Crippen LogP contribution < -0.4 is 10.5 Å². The topological polar surface area (TPSA) is 61.5 Å². The SMILES string of the molecule is COC(=O)c1ccccc1OC[C@@H](C)N. The highest BCUT2D eigenvalue weighted by Crippen LogP contribution is 2.18. The summed E-state index contributed by atoms with van der Waals surface area (Å²) in [6, 6.07) is 6.85. The van der Waals surface area contributed by atoms with E-state index in [0.29, 0.717) is 17.9 Å². The summed E-state index contributed by atoms with van der Waals surface area (Å²) in [7, 11) is 1.34. The van der Waals surface area contributed by atoms with Gasteiger partial charge in [-0.3, -0.25) is 0 Å². The molecule has 0 heterocycles. The summed E-state index contributed by atoms with van der Waals surface area (Å²) < 4.78 is 10.0. The molecule has 1 aromatic rings. The monoisotopic (exact) mass is 209 g/mol. The van der Waals surface area contributed by atoms with Gasteiger partial charge in [0, 0.05) is 6.04 Å². The van der Waals surface area contributed by atoms with Crippen molar-refractivity contribution in [3.05, 3.63) is 29.8 Å². The third kappa shape index (κ3) is 3.25. The number of para-hydroxylation sites is 1. The van der Waals surface area contributed by atoms with Crippen LogP contribution in [-0.2, 0) is 4.74 Å². The first-order valence-corrected chi connectivity index (χ1v) is 4.71. The molecule has 0 fully saturated rings. The normalized spacial score (nSPS) is 11.9. The van der Waals surface area contributed by atoms with Crippen molar-refractivity contribution in [2.24, 2.45) is 5.73 Å². The van der Waals surface area contributed by atoms with E-state index >= 15 is 0 Å². The molecule has 0 aliphatic rings. The molecule has 4 heteroatoms. The minimum Gasteiger partial charge on any atom is -0.491 e.